The molecule has 0 aliphatic heterocycles. The van der Waals surface area contributed by atoms with Crippen LogP contribution < -0.4 is 10.6 Å². The van der Waals surface area contributed by atoms with Gasteiger partial charge in [-0.3, -0.25) is 4.79 Å². The fourth-order valence-corrected chi connectivity index (χ4v) is 1.60. The first kappa shape index (κ1) is 15.6. The average Bonchev–Trinajstić information content (AvgIpc) is 2.38. The fraction of sp³-hybridized carbons (Fsp3) is 0.308. The van der Waals surface area contributed by atoms with E-state index in [0.29, 0.717) is 13.0 Å². The Labute approximate surface area is 115 Å². The van der Waals surface area contributed by atoms with E-state index in [-0.39, 0.29) is 29.1 Å². The molecule has 0 heterocycles. The maximum atomic E-state index is 11.6. The lowest BCUT2D eigenvalue weighted by molar-refractivity contribution is -0.116. The number of carbonyl (C=O) groups excluding carboxylic acids is 1. The third-order valence-corrected chi connectivity index (χ3v) is 2.54. The lowest BCUT2D eigenvalue weighted by atomic mass is 10.1. The number of aromatic carboxylic acids is 2. The smallest absolute Gasteiger partial charge is 0.335 e. The molecule has 0 bridgehead atoms. The van der Waals surface area contributed by atoms with E-state index >= 15 is 0 Å². The van der Waals surface area contributed by atoms with Gasteiger partial charge in [0.15, 0.2) is 0 Å². The first-order valence-corrected chi connectivity index (χ1v) is 6.00. The topological polar surface area (TPSA) is 116 Å². The molecule has 7 heteroatoms. The molecule has 1 rings (SSSR count). The number of rotatable bonds is 7. The van der Waals surface area contributed by atoms with Crippen molar-refractivity contribution in [1.29, 1.82) is 0 Å². The van der Waals surface area contributed by atoms with Crippen LogP contribution in [0.4, 0.5) is 5.69 Å². The monoisotopic (exact) mass is 280 g/mol. The molecule has 0 unspecified atom stereocenters. The van der Waals surface area contributed by atoms with Crippen LogP contribution in [0, 0.1) is 0 Å². The Kier molecular flexibility index (Phi) is 5.67. The Balaban J connectivity index is 2.86. The zero-order chi connectivity index (χ0) is 15.1. The predicted octanol–water partition coefficient (Wildman–Crippen LogP) is 1.02. The highest BCUT2D eigenvalue weighted by molar-refractivity contribution is 5.98. The van der Waals surface area contributed by atoms with Crippen molar-refractivity contribution in [3.63, 3.8) is 0 Å². The van der Waals surface area contributed by atoms with Gasteiger partial charge in [-0.05, 0) is 38.2 Å². The molecule has 0 spiro atoms. The number of amides is 1. The van der Waals surface area contributed by atoms with Gasteiger partial charge in [0.25, 0.3) is 0 Å². The summed E-state index contributed by atoms with van der Waals surface area (Å²) in [7, 11) is 1.77. The minimum absolute atomic E-state index is 0.164. The van der Waals surface area contributed by atoms with E-state index in [4.69, 9.17) is 10.2 Å². The van der Waals surface area contributed by atoms with Gasteiger partial charge in [0.1, 0.15) is 0 Å². The van der Waals surface area contributed by atoms with E-state index in [1.54, 1.807) is 7.05 Å². The quantitative estimate of drug-likeness (QED) is 0.554. The van der Waals surface area contributed by atoms with Gasteiger partial charge in [-0.1, -0.05) is 0 Å². The van der Waals surface area contributed by atoms with Crippen LogP contribution in [0.1, 0.15) is 33.6 Å². The van der Waals surface area contributed by atoms with E-state index in [0.717, 1.165) is 6.07 Å². The first-order chi connectivity index (χ1) is 9.43. The van der Waals surface area contributed by atoms with E-state index in [1.807, 2.05) is 0 Å². The van der Waals surface area contributed by atoms with Crippen LogP contribution in [0.3, 0.4) is 0 Å². The summed E-state index contributed by atoms with van der Waals surface area (Å²) in [5.74, 6) is -2.79. The molecule has 0 saturated carbocycles. The Bertz CT molecular complexity index is 495. The van der Waals surface area contributed by atoms with Crippen LogP contribution in [-0.2, 0) is 4.79 Å². The molecule has 1 aromatic rings. The van der Waals surface area contributed by atoms with Crippen LogP contribution in [0.5, 0.6) is 0 Å². The third kappa shape index (κ3) is 4.69. The second-order valence-corrected chi connectivity index (χ2v) is 4.16. The van der Waals surface area contributed by atoms with Crippen molar-refractivity contribution < 1.29 is 24.6 Å². The van der Waals surface area contributed by atoms with Crippen molar-refractivity contribution in [1.82, 2.24) is 5.32 Å². The van der Waals surface area contributed by atoms with Crippen molar-refractivity contribution >= 4 is 23.5 Å². The second-order valence-electron chi connectivity index (χ2n) is 4.16. The highest BCUT2D eigenvalue weighted by atomic mass is 16.4. The molecule has 0 saturated heterocycles. The average molecular weight is 280 g/mol. The number of benzene rings is 1. The van der Waals surface area contributed by atoms with Gasteiger partial charge < -0.3 is 20.8 Å². The molecule has 0 atom stereocenters. The van der Waals surface area contributed by atoms with E-state index < -0.39 is 11.9 Å². The summed E-state index contributed by atoms with van der Waals surface area (Å²) >= 11 is 0. The van der Waals surface area contributed by atoms with Crippen molar-refractivity contribution in [3.8, 4) is 0 Å². The van der Waals surface area contributed by atoms with Gasteiger partial charge in [-0.15, -0.1) is 0 Å². The summed E-state index contributed by atoms with van der Waals surface area (Å²) < 4.78 is 0. The predicted molar refractivity (Wildman–Crippen MR) is 72.2 cm³/mol. The van der Waals surface area contributed by atoms with E-state index in [2.05, 4.69) is 10.6 Å². The number of anilines is 1. The molecule has 0 radical (unpaired) electrons. The highest BCUT2D eigenvalue weighted by Crippen LogP contribution is 2.16. The molecule has 108 valence electrons. The number of hydrogen-bond donors (Lipinski definition) is 4. The summed E-state index contributed by atoms with van der Waals surface area (Å²) in [4.78, 5) is 33.4. The minimum Gasteiger partial charge on any atom is -0.478 e. The van der Waals surface area contributed by atoms with Crippen LogP contribution in [-0.4, -0.2) is 41.7 Å². The van der Waals surface area contributed by atoms with Crippen LogP contribution in [0.25, 0.3) is 0 Å². The van der Waals surface area contributed by atoms with Crippen molar-refractivity contribution in [2.24, 2.45) is 0 Å². The molecule has 20 heavy (non-hydrogen) atoms. The lowest BCUT2D eigenvalue weighted by Crippen LogP contribution is -2.16. The summed E-state index contributed by atoms with van der Waals surface area (Å²) in [6, 6.07) is 3.50. The first-order valence-electron chi connectivity index (χ1n) is 6.00. The molecule has 1 amide bonds. The second kappa shape index (κ2) is 7.25. The van der Waals surface area contributed by atoms with Gasteiger partial charge in [-0.25, -0.2) is 9.59 Å². The molecular weight excluding hydrogens is 264 g/mol. The Morgan fingerprint density at radius 3 is 2.05 bits per heavy atom. The number of nitrogens with one attached hydrogen (secondary N) is 2. The van der Waals surface area contributed by atoms with Crippen LogP contribution >= 0.6 is 0 Å². The molecule has 7 nitrogen and oxygen atoms in total. The van der Waals surface area contributed by atoms with Crippen molar-refractivity contribution in [2.75, 3.05) is 18.9 Å². The number of carboxylic acid groups (broad SMARTS) is 2. The number of hydrogen-bond acceptors (Lipinski definition) is 4. The molecule has 0 aliphatic rings. The Morgan fingerprint density at radius 2 is 1.60 bits per heavy atom. The van der Waals surface area contributed by atoms with Crippen molar-refractivity contribution in [2.45, 2.75) is 12.8 Å². The number of carboxylic acids is 2. The summed E-state index contributed by atoms with van der Waals surface area (Å²) in [5.41, 5.74) is -0.206. The molecular formula is C13H16N2O5. The highest BCUT2D eigenvalue weighted by Gasteiger charge is 2.12. The summed E-state index contributed by atoms with van der Waals surface area (Å²) in [5, 5.41) is 23.2. The molecule has 0 aliphatic carbocycles. The molecule has 1 aromatic carbocycles. The standard InChI is InChI=1S/C13H16N2O5/c1-14-4-2-3-11(16)15-10-6-8(12(17)18)5-9(7-10)13(19)20/h5-7,14H,2-4H2,1H3,(H,15,16)(H,17,18)(H,19,20). The maximum Gasteiger partial charge on any atom is 0.335 e. The van der Waals surface area contributed by atoms with Gasteiger partial charge in [0.2, 0.25) is 5.91 Å². The Morgan fingerprint density at radius 1 is 1.05 bits per heavy atom. The van der Waals surface area contributed by atoms with Crippen molar-refractivity contribution in [3.05, 3.63) is 29.3 Å². The van der Waals surface area contributed by atoms with E-state index in [9.17, 15) is 14.4 Å². The van der Waals surface area contributed by atoms with Crippen LogP contribution in [0.15, 0.2) is 18.2 Å². The largest absolute Gasteiger partial charge is 0.478 e. The molecule has 0 fully saturated rings. The SMILES string of the molecule is CNCCCC(=O)Nc1cc(C(=O)O)cc(C(=O)O)c1. The zero-order valence-corrected chi connectivity index (χ0v) is 11.0. The normalized spacial score (nSPS) is 10.1. The van der Waals surface area contributed by atoms with Gasteiger partial charge in [-0.2, -0.15) is 0 Å². The molecule has 4 N–H and O–H groups in total. The molecule has 0 aromatic heterocycles. The van der Waals surface area contributed by atoms with Gasteiger partial charge in [0.05, 0.1) is 11.1 Å². The minimum atomic E-state index is -1.25. The summed E-state index contributed by atoms with van der Waals surface area (Å²) in [6.45, 7) is 0.683. The van der Waals surface area contributed by atoms with Crippen LogP contribution in [0.2, 0.25) is 0 Å². The fourth-order valence-electron chi connectivity index (χ4n) is 1.60. The third-order valence-electron chi connectivity index (χ3n) is 2.54. The zero-order valence-electron chi connectivity index (χ0n) is 11.0. The Hall–Kier alpha value is -2.41. The summed E-state index contributed by atoms with van der Waals surface area (Å²) in [6.07, 6.45) is 0.896. The van der Waals surface area contributed by atoms with E-state index in [1.165, 1.54) is 12.1 Å². The maximum absolute atomic E-state index is 11.6. The number of carbonyl (C=O) groups is 3. The van der Waals surface area contributed by atoms with Gasteiger partial charge in [0, 0.05) is 12.1 Å². The van der Waals surface area contributed by atoms with Gasteiger partial charge >= 0.3 is 11.9 Å². The lowest BCUT2D eigenvalue weighted by Gasteiger charge is -2.07.